The number of ether oxygens (including phenoxy) is 1. The van der Waals surface area contributed by atoms with E-state index in [-0.39, 0.29) is 17.7 Å². The Hall–Kier alpha value is -2.33. The van der Waals surface area contributed by atoms with Crippen LogP contribution in [0.3, 0.4) is 0 Å². The number of anilines is 1. The summed E-state index contributed by atoms with van der Waals surface area (Å²) in [6.07, 6.45) is 0.576. The van der Waals surface area contributed by atoms with Gasteiger partial charge in [0.25, 0.3) is 5.91 Å². The molecule has 1 aromatic carbocycles. The SMILES string of the molecule is CCOC(=O)c1c(NC(=O)c2ccc(S(=O)(=O)C(F)F)cc2)sc(C)c1CC. The average molecular weight is 431 g/mol. The maximum absolute atomic E-state index is 12.6. The molecule has 1 amide bonds. The van der Waals surface area contributed by atoms with E-state index >= 15 is 0 Å². The number of hydrogen-bond donors (Lipinski definition) is 1. The van der Waals surface area contributed by atoms with Crippen LogP contribution in [-0.2, 0) is 21.0 Å². The first-order chi connectivity index (χ1) is 13.1. The van der Waals surface area contributed by atoms with E-state index in [2.05, 4.69) is 5.32 Å². The minimum absolute atomic E-state index is 0.0622. The molecule has 10 heteroatoms. The number of sulfone groups is 1. The molecule has 0 aliphatic carbocycles. The highest BCUT2D eigenvalue weighted by atomic mass is 32.2. The lowest BCUT2D eigenvalue weighted by Crippen LogP contribution is -2.16. The third-order valence-electron chi connectivity index (χ3n) is 3.95. The number of thiophene rings is 1. The lowest BCUT2D eigenvalue weighted by atomic mass is 10.1. The number of carbonyl (C=O) groups excluding carboxylic acids is 2. The van der Waals surface area contributed by atoms with Gasteiger partial charge in [-0.2, -0.15) is 8.78 Å². The second-order valence-electron chi connectivity index (χ2n) is 5.70. The topological polar surface area (TPSA) is 89.5 Å². The summed E-state index contributed by atoms with van der Waals surface area (Å²) in [7, 11) is -4.73. The number of carbonyl (C=O) groups is 2. The van der Waals surface area contributed by atoms with Crippen molar-refractivity contribution in [1.82, 2.24) is 0 Å². The molecule has 0 bridgehead atoms. The van der Waals surface area contributed by atoms with Gasteiger partial charge in [0.05, 0.1) is 17.1 Å². The van der Waals surface area contributed by atoms with Crippen molar-refractivity contribution in [2.45, 2.75) is 37.8 Å². The molecule has 0 atom stereocenters. The van der Waals surface area contributed by atoms with Crippen LogP contribution in [0.2, 0.25) is 0 Å². The van der Waals surface area contributed by atoms with Gasteiger partial charge in [-0.05, 0) is 50.1 Å². The summed E-state index contributed by atoms with van der Waals surface area (Å²) >= 11 is 1.23. The maximum atomic E-state index is 12.6. The van der Waals surface area contributed by atoms with Crippen molar-refractivity contribution in [1.29, 1.82) is 0 Å². The van der Waals surface area contributed by atoms with Gasteiger partial charge in [0.1, 0.15) is 5.00 Å². The van der Waals surface area contributed by atoms with Gasteiger partial charge >= 0.3 is 11.7 Å². The lowest BCUT2D eigenvalue weighted by molar-refractivity contribution is 0.0527. The molecular formula is C18H19F2NO5S2. The highest BCUT2D eigenvalue weighted by Gasteiger charge is 2.27. The standard InChI is InChI=1S/C18H19F2NO5S2/c1-4-13-10(3)27-16(14(13)17(23)26-5-2)21-15(22)11-6-8-12(9-7-11)28(24,25)18(19)20/h6-9,18H,4-5H2,1-3H3,(H,21,22). The third kappa shape index (κ3) is 4.39. The zero-order valence-corrected chi connectivity index (χ0v) is 17.0. The number of rotatable bonds is 7. The summed E-state index contributed by atoms with van der Waals surface area (Å²) in [4.78, 5) is 25.1. The smallest absolute Gasteiger partial charge is 0.341 e. The summed E-state index contributed by atoms with van der Waals surface area (Å²) in [6.45, 7) is 5.57. The molecule has 0 aliphatic rings. The van der Waals surface area contributed by atoms with Crippen LogP contribution < -0.4 is 5.32 Å². The molecular weight excluding hydrogens is 412 g/mol. The molecule has 152 valence electrons. The van der Waals surface area contributed by atoms with Crippen molar-refractivity contribution >= 4 is 38.1 Å². The summed E-state index contributed by atoms with van der Waals surface area (Å²) in [5.41, 5.74) is 1.13. The van der Waals surface area contributed by atoms with Gasteiger partial charge in [-0.15, -0.1) is 11.3 Å². The van der Waals surface area contributed by atoms with Crippen molar-refractivity contribution in [2.24, 2.45) is 0 Å². The van der Waals surface area contributed by atoms with Crippen molar-refractivity contribution in [3.8, 4) is 0 Å². The number of esters is 1. The van der Waals surface area contributed by atoms with E-state index < -0.39 is 32.4 Å². The van der Waals surface area contributed by atoms with Crippen LogP contribution >= 0.6 is 11.3 Å². The fraction of sp³-hybridized carbons (Fsp3) is 0.333. The number of hydrogen-bond acceptors (Lipinski definition) is 6. The molecule has 2 aromatic rings. The Labute approximate surface area is 165 Å². The summed E-state index contributed by atoms with van der Waals surface area (Å²) < 4.78 is 53.2. The Bertz CT molecular complexity index is 982. The van der Waals surface area contributed by atoms with Crippen LogP contribution in [0.1, 0.15) is 45.0 Å². The molecule has 0 saturated carbocycles. The van der Waals surface area contributed by atoms with Gasteiger partial charge < -0.3 is 10.1 Å². The van der Waals surface area contributed by atoms with Crippen molar-refractivity contribution < 1.29 is 31.5 Å². The van der Waals surface area contributed by atoms with E-state index in [4.69, 9.17) is 4.74 Å². The number of halogens is 2. The first-order valence-corrected chi connectivity index (χ1v) is 10.7. The fourth-order valence-corrected chi connectivity index (χ4v) is 4.44. The Morgan fingerprint density at radius 2 is 1.79 bits per heavy atom. The predicted molar refractivity (Wildman–Crippen MR) is 102 cm³/mol. The van der Waals surface area contributed by atoms with Gasteiger partial charge in [0.15, 0.2) is 0 Å². The van der Waals surface area contributed by atoms with Crippen LogP contribution in [-0.4, -0.2) is 32.7 Å². The highest BCUT2D eigenvalue weighted by molar-refractivity contribution is 7.91. The largest absolute Gasteiger partial charge is 0.462 e. The van der Waals surface area contributed by atoms with Crippen LogP contribution in [0, 0.1) is 6.92 Å². The molecule has 0 saturated heterocycles. The summed E-state index contributed by atoms with van der Waals surface area (Å²) in [6, 6.07) is 4.16. The molecule has 0 radical (unpaired) electrons. The minimum Gasteiger partial charge on any atom is -0.462 e. The summed E-state index contributed by atoms with van der Waals surface area (Å²) in [5, 5.41) is 2.95. The molecule has 0 aliphatic heterocycles. The number of amides is 1. The minimum atomic E-state index is -4.73. The van der Waals surface area contributed by atoms with Crippen molar-refractivity contribution in [3.05, 3.63) is 45.8 Å². The molecule has 0 spiro atoms. The van der Waals surface area contributed by atoms with E-state index in [1.54, 1.807) is 6.92 Å². The van der Waals surface area contributed by atoms with Gasteiger partial charge in [-0.3, -0.25) is 4.79 Å². The molecule has 1 heterocycles. The number of benzene rings is 1. The maximum Gasteiger partial charge on any atom is 0.341 e. The predicted octanol–water partition coefficient (Wildman–Crippen LogP) is 4.04. The average Bonchev–Trinajstić information content (AvgIpc) is 2.96. The molecule has 28 heavy (non-hydrogen) atoms. The monoisotopic (exact) mass is 431 g/mol. The van der Waals surface area contributed by atoms with Crippen LogP contribution in [0.4, 0.5) is 13.8 Å². The van der Waals surface area contributed by atoms with E-state index in [0.717, 1.165) is 34.7 Å². The second kappa shape index (κ2) is 8.78. The van der Waals surface area contributed by atoms with Crippen LogP contribution in [0.25, 0.3) is 0 Å². The Balaban J connectivity index is 2.32. The Morgan fingerprint density at radius 1 is 1.18 bits per heavy atom. The fourth-order valence-electron chi connectivity index (χ4n) is 2.59. The molecule has 1 N–H and O–H groups in total. The molecule has 1 aromatic heterocycles. The third-order valence-corrected chi connectivity index (χ3v) is 6.41. The van der Waals surface area contributed by atoms with E-state index in [9.17, 15) is 26.8 Å². The Kier molecular flexibility index (Phi) is 6.89. The molecule has 2 rings (SSSR count). The molecule has 0 unspecified atom stereocenters. The first kappa shape index (κ1) is 22.0. The van der Waals surface area contributed by atoms with E-state index in [1.165, 1.54) is 11.3 Å². The van der Waals surface area contributed by atoms with Crippen molar-refractivity contribution in [3.63, 3.8) is 0 Å². The quantitative estimate of drug-likeness (QED) is 0.668. The highest BCUT2D eigenvalue weighted by Crippen LogP contribution is 2.34. The van der Waals surface area contributed by atoms with Gasteiger partial charge in [-0.1, -0.05) is 6.92 Å². The number of alkyl halides is 2. The van der Waals surface area contributed by atoms with Crippen LogP contribution in [0.5, 0.6) is 0 Å². The van der Waals surface area contributed by atoms with Gasteiger partial charge in [0.2, 0.25) is 9.84 Å². The molecule has 6 nitrogen and oxygen atoms in total. The van der Waals surface area contributed by atoms with E-state index in [1.807, 2.05) is 13.8 Å². The normalized spacial score (nSPS) is 11.5. The van der Waals surface area contributed by atoms with Crippen molar-refractivity contribution in [2.75, 3.05) is 11.9 Å². The lowest BCUT2D eigenvalue weighted by Gasteiger charge is -2.09. The zero-order valence-electron chi connectivity index (χ0n) is 15.4. The first-order valence-electron chi connectivity index (χ1n) is 8.36. The summed E-state index contributed by atoms with van der Waals surface area (Å²) in [5.74, 6) is -4.69. The number of nitrogens with one attached hydrogen (secondary N) is 1. The van der Waals surface area contributed by atoms with Crippen LogP contribution in [0.15, 0.2) is 29.2 Å². The zero-order chi connectivity index (χ0) is 21.1. The van der Waals surface area contributed by atoms with Gasteiger partial charge in [0, 0.05) is 10.4 Å². The second-order valence-corrected chi connectivity index (χ2v) is 8.84. The number of aryl methyl sites for hydroxylation is 1. The Morgan fingerprint density at radius 3 is 2.29 bits per heavy atom. The molecule has 0 fully saturated rings. The van der Waals surface area contributed by atoms with E-state index in [0.29, 0.717) is 11.4 Å². The van der Waals surface area contributed by atoms with Gasteiger partial charge in [-0.25, -0.2) is 13.2 Å².